The molecular weight excluding hydrogens is 446 g/mol. The molecule has 0 unspecified atom stereocenters. The fourth-order valence-electron chi connectivity index (χ4n) is 2.35. The summed E-state index contributed by atoms with van der Waals surface area (Å²) in [6.45, 7) is 1.98. The SMILES string of the molecule is COc1ccc(-c2nnc(SCC(=O)Nc3ccc(C)c(Br)c3)o2)c(OC)c1. The number of hydrogen-bond donors (Lipinski definition) is 1. The molecule has 0 radical (unpaired) electrons. The van der Waals surface area contributed by atoms with E-state index in [1.165, 1.54) is 0 Å². The van der Waals surface area contributed by atoms with Crippen LogP contribution in [0.3, 0.4) is 0 Å². The third kappa shape index (κ3) is 4.85. The molecule has 0 saturated heterocycles. The summed E-state index contributed by atoms with van der Waals surface area (Å²) >= 11 is 4.61. The fraction of sp³-hybridized carbons (Fsp3) is 0.211. The number of benzene rings is 2. The molecule has 3 rings (SSSR count). The highest BCUT2D eigenvalue weighted by Gasteiger charge is 2.16. The Hall–Kier alpha value is -2.52. The quantitative estimate of drug-likeness (QED) is 0.513. The van der Waals surface area contributed by atoms with Crippen molar-refractivity contribution in [3.05, 3.63) is 46.4 Å². The van der Waals surface area contributed by atoms with Crippen molar-refractivity contribution in [3.63, 3.8) is 0 Å². The maximum absolute atomic E-state index is 12.2. The molecule has 0 spiro atoms. The molecule has 146 valence electrons. The van der Waals surface area contributed by atoms with Crippen LogP contribution in [0.1, 0.15) is 5.56 Å². The molecule has 0 saturated carbocycles. The molecule has 9 heteroatoms. The van der Waals surface area contributed by atoms with Crippen LogP contribution in [0.25, 0.3) is 11.5 Å². The first-order chi connectivity index (χ1) is 13.5. The minimum absolute atomic E-state index is 0.146. The number of amides is 1. The first-order valence-corrected chi connectivity index (χ1v) is 10.0. The first-order valence-electron chi connectivity index (χ1n) is 8.25. The van der Waals surface area contributed by atoms with Crippen LogP contribution in [0.4, 0.5) is 5.69 Å². The van der Waals surface area contributed by atoms with Gasteiger partial charge in [-0.25, -0.2) is 0 Å². The lowest BCUT2D eigenvalue weighted by atomic mass is 10.2. The number of aromatic nitrogens is 2. The zero-order chi connectivity index (χ0) is 20.1. The van der Waals surface area contributed by atoms with Gasteiger partial charge in [-0.3, -0.25) is 4.79 Å². The van der Waals surface area contributed by atoms with Gasteiger partial charge in [0.05, 0.1) is 25.5 Å². The van der Waals surface area contributed by atoms with Crippen LogP contribution in [0.2, 0.25) is 0 Å². The minimum Gasteiger partial charge on any atom is -0.497 e. The minimum atomic E-state index is -0.164. The molecule has 28 heavy (non-hydrogen) atoms. The van der Waals surface area contributed by atoms with Crippen LogP contribution in [0, 0.1) is 6.92 Å². The van der Waals surface area contributed by atoms with Crippen molar-refractivity contribution < 1.29 is 18.7 Å². The average molecular weight is 464 g/mol. The number of carbonyl (C=O) groups is 1. The number of rotatable bonds is 7. The Labute approximate surface area is 175 Å². The fourth-order valence-corrected chi connectivity index (χ4v) is 3.29. The molecule has 7 nitrogen and oxygen atoms in total. The van der Waals surface area contributed by atoms with Crippen molar-refractivity contribution in [3.8, 4) is 23.0 Å². The third-order valence-corrected chi connectivity index (χ3v) is 5.50. The van der Waals surface area contributed by atoms with Gasteiger partial charge in [-0.2, -0.15) is 0 Å². The highest BCUT2D eigenvalue weighted by molar-refractivity contribution is 9.10. The van der Waals surface area contributed by atoms with Crippen molar-refractivity contribution in [2.24, 2.45) is 0 Å². The summed E-state index contributed by atoms with van der Waals surface area (Å²) in [6.07, 6.45) is 0. The van der Waals surface area contributed by atoms with Crippen molar-refractivity contribution in [1.82, 2.24) is 10.2 Å². The number of methoxy groups -OCH3 is 2. The van der Waals surface area contributed by atoms with Crippen LogP contribution in [0.15, 0.2) is 50.5 Å². The molecule has 0 fully saturated rings. The number of ether oxygens (including phenoxy) is 2. The van der Waals surface area contributed by atoms with Crippen molar-refractivity contribution in [2.75, 3.05) is 25.3 Å². The monoisotopic (exact) mass is 463 g/mol. The van der Waals surface area contributed by atoms with E-state index in [2.05, 4.69) is 31.4 Å². The summed E-state index contributed by atoms with van der Waals surface area (Å²) in [5.74, 6) is 1.51. The van der Waals surface area contributed by atoms with E-state index in [0.29, 0.717) is 28.2 Å². The highest BCUT2D eigenvalue weighted by atomic mass is 79.9. The molecule has 0 aliphatic carbocycles. The molecule has 0 aliphatic rings. The van der Waals surface area contributed by atoms with Gasteiger partial charge < -0.3 is 19.2 Å². The Balaban J connectivity index is 1.63. The van der Waals surface area contributed by atoms with Crippen LogP contribution in [0.5, 0.6) is 11.5 Å². The van der Waals surface area contributed by atoms with E-state index in [1.54, 1.807) is 32.4 Å². The van der Waals surface area contributed by atoms with Crippen LogP contribution in [-0.4, -0.2) is 36.1 Å². The van der Waals surface area contributed by atoms with Crippen molar-refractivity contribution in [1.29, 1.82) is 0 Å². The molecule has 3 aromatic rings. The zero-order valence-corrected chi connectivity index (χ0v) is 17.9. The normalized spacial score (nSPS) is 10.6. The van der Waals surface area contributed by atoms with Crippen molar-refractivity contribution >= 4 is 39.3 Å². The molecule has 1 heterocycles. The standard InChI is InChI=1S/C19H18BrN3O4S/c1-11-4-5-12(8-15(11)20)21-17(24)10-28-19-23-22-18(27-19)14-7-6-13(25-2)9-16(14)26-3/h4-9H,10H2,1-3H3,(H,21,24). The molecule has 0 bridgehead atoms. The second-order valence-electron chi connectivity index (χ2n) is 5.74. The summed E-state index contributed by atoms with van der Waals surface area (Å²) < 4.78 is 17.1. The topological polar surface area (TPSA) is 86.5 Å². The number of anilines is 1. The number of carbonyl (C=O) groups excluding carboxylic acids is 1. The van der Waals surface area contributed by atoms with Crippen LogP contribution < -0.4 is 14.8 Å². The summed E-state index contributed by atoms with van der Waals surface area (Å²) in [5.41, 5.74) is 2.47. The van der Waals surface area contributed by atoms with Crippen molar-refractivity contribution in [2.45, 2.75) is 12.1 Å². The van der Waals surface area contributed by atoms with Gasteiger partial charge in [-0.05, 0) is 36.8 Å². The van der Waals surface area contributed by atoms with E-state index < -0.39 is 0 Å². The number of hydrogen-bond acceptors (Lipinski definition) is 7. The zero-order valence-electron chi connectivity index (χ0n) is 15.5. The van der Waals surface area contributed by atoms with Gasteiger partial charge in [0, 0.05) is 16.2 Å². The van der Waals surface area contributed by atoms with E-state index in [4.69, 9.17) is 13.9 Å². The Bertz CT molecular complexity index is 993. The summed E-state index contributed by atoms with van der Waals surface area (Å²) in [6, 6.07) is 10.9. The third-order valence-electron chi connectivity index (χ3n) is 3.83. The Morgan fingerprint density at radius 3 is 2.71 bits per heavy atom. The van der Waals surface area contributed by atoms with Gasteiger partial charge in [0.15, 0.2) is 0 Å². The number of nitrogens with one attached hydrogen (secondary N) is 1. The van der Waals surface area contributed by atoms with E-state index in [9.17, 15) is 4.79 Å². The molecule has 1 amide bonds. The maximum atomic E-state index is 12.2. The number of thioether (sulfide) groups is 1. The van der Waals surface area contributed by atoms with Crippen LogP contribution in [-0.2, 0) is 4.79 Å². The Morgan fingerprint density at radius 1 is 1.18 bits per heavy atom. The van der Waals surface area contributed by atoms with E-state index in [-0.39, 0.29) is 11.7 Å². The van der Waals surface area contributed by atoms with E-state index >= 15 is 0 Å². The van der Waals surface area contributed by atoms with E-state index in [1.807, 2.05) is 25.1 Å². The largest absolute Gasteiger partial charge is 0.497 e. The second kappa shape index (κ2) is 9.11. The van der Waals surface area contributed by atoms with Gasteiger partial charge in [-0.15, -0.1) is 10.2 Å². The maximum Gasteiger partial charge on any atom is 0.277 e. The predicted molar refractivity (Wildman–Crippen MR) is 111 cm³/mol. The number of nitrogens with zero attached hydrogens (tertiary/aromatic N) is 2. The highest BCUT2D eigenvalue weighted by Crippen LogP contribution is 2.33. The van der Waals surface area contributed by atoms with Gasteiger partial charge in [0.1, 0.15) is 11.5 Å². The van der Waals surface area contributed by atoms with Crippen LogP contribution >= 0.6 is 27.7 Å². The smallest absolute Gasteiger partial charge is 0.277 e. The first kappa shape index (κ1) is 20.2. The lowest BCUT2D eigenvalue weighted by Crippen LogP contribution is -2.14. The summed E-state index contributed by atoms with van der Waals surface area (Å²) in [4.78, 5) is 12.2. The Kier molecular flexibility index (Phi) is 6.58. The van der Waals surface area contributed by atoms with Gasteiger partial charge in [0.25, 0.3) is 11.1 Å². The predicted octanol–water partition coefficient (Wildman–Crippen LogP) is 4.56. The number of halogens is 1. The molecule has 1 N–H and O–H groups in total. The molecular formula is C19H18BrN3O4S. The second-order valence-corrected chi connectivity index (χ2v) is 7.52. The lowest BCUT2D eigenvalue weighted by Gasteiger charge is -2.07. The average Bonchev–Trinajstić information content (AvgIpc) is 3.17. The summed E-state index contributed by atoms with van der Waals surface area (Å²) in [7, 11) is 3.13. The summed E-state index contributed by atoms with van der Waals surface area (Å²) in [5, 5.41) is 11.2. The molecule has 0 atom stereocenters. The van der Waals surface area contributed by atoms with Gasteiger partial charge >= 0.3 is 0 Å². The molecule has 0 aliphatic heterocycles. The number of aryl methyl sites for hydroxylation is 1. The van der Waals surface area contributed by atoms with Gasteiger partial charge in [0.2, 0.25) is 5.91 Å². The Morgan fingerprint density at radius 2 is 2.00 bits per heavy atom. The van der Waals surface area contributed by atoms with Gasteiger partial charge in [-0.1, -0.05) is 33.8 Å². The molecule has 1 aromatic heterocycles. The lowest BCUT2D eigenvalue weighted by molar-refractivity contribution is -0.113. The van der Waals surface area contributed by atoms with E-state index in [0.717, 1.165) is 27.5 Å². The molecule has 2 aromatic carbocycles.